The van der Waals surface area contributed by atoms with Gasteiger partial charge in [0.05, 0.1) is 27.3 Å². The molecule has 0 rings (SSSR count). The minimum Gasteiger partial charge on any atom is -0.469 e. The van der Waals surface area contributed by atoms with Crippen LogP contribution in [0.1, 0.15) is 20.3 Å². The fraction of sp³-hybridized carbons (Fsp3) is 0.800. The van der Waals surface area contributed by atoms with Crippen LogP contribution in [0, 0.1) is 0 Å². The lowest BCUT2D eigenvalue weighted by Gasteiger charge is -2.23. The van der Waals surface area contributed by atoms with Gasteiger partial charge in [0.25, 0.3) is 0 Å². The standard InChI is InChI=1S/C10H19NO4/c1-5-11(6-2)8(10(13)15-4)7-9(12)14-3/h8H,5-7H2,1-4H3/p+1/t8-/m1/s1. The Labute approximate surface area is 90.3 Å². The van der Waals surface area contributed by atoms with Gasteiger partial charge in [-0.05, 0) is 13.8 Å². The van der Waals surface area contributed by atoms with Gasteiger partial charge in [0.1, 0.15) is 6.42 Å². The summed E-state index contributed by atoms with van der Waals surface area (Å²) < 4.78 is 9.23. The zero-order valence-corrected chi connectivity index (χ0v) is 9.83. The Kier molecular flexibility index (Phi) is 6.70. The maximum atomic E-state index is 11.5. The van der Waals surface area contributed by atoms with Gasteiger partial charge < -0.3 is 14.4 Å². The van der Waals surface area contributed by atoms with E-state index in [9.17, 15) is 9.59 Å². The summed E-state index contributed by atoms with van der Waals surface area (Å²) in [5, 5.41) is 0. The third kappa shape index (κ3) is 4.29. The summed E-state index contributed by atoms with van der Waals surface area (Å²) in [6.07, 6.45) is 0.0696. The van der Waals surface area contributed by atoms with Crippen molar-refractivity contribution in [1.29, 1.82) is 0 Å². The van der Waals surface area contributed by atoms with Crippen LogP contribution >= 0.6 is 0 Å². The molecule has 0 heterocycles. The highest BCUT2D eigenvalue weighted by molar-refractivity contribution is 5.81. The molecule has 0 saturated carbocycles. The maximum Gasteiger partial charge on any atom is 0.365 e. The van der Waals surface area contributed by atoms with Crippen LogP contribution in [0.2, 0.25) is 0 Å². The number of methoxy groups -OCH3 is 2. The number of rotatable bonds is 6. The maximum absolute atomic E-state index is 11.5. The predicted molar refractivity (Wildman–Crippen MR) is 54.5 cm³/mol. The topological polar surface area (TPSA) is 57.0 Å². The van der Waals surface area contributed by atoms with Gasteiger partial charge in [0.2, 0.25) is 0 Å². The van der Waals surface area contributed by atoms with Crippen molar-refractivity contribution in [1.82, 2.24) is 0 Å². The molecule has 1 atom stereocenters. The lowest BCUT2D eigenvalue weighted by molar-refractivity contribution is -0.912. The van der Waals surface area contributed by atoms with Crippen LogP contribution in [-0.2, 0) is 19.1 Å². The quantitative estimate of drug-likeness (QED) is 0.582. The summed E-state index contributed by atoms with van der Waals surface area (Å²) in [6, 6.07) is -0.461. The van der Waals surface area contributed by atoms with E-state index < -0.39 is 6.04 Å². The molecule has 0 amide bonds. The zero-order valence-electron chi connectivity index (χ0n) is 9.83. The van der Waals surface area contributed by atoms with Crippen LogP contribution < -0.4 is 4.90 Å². The van der Waals surface area contributed by atoms with E-state index in [0.717, 1.165) is 18.0 Å². The molecule has 0 saturated heterocycles. The summed E-state index contributed by atoms with van der Waals surface area (Å²) in [4.78, 5) is 23.6. The fourth-order valence-corrected chi connectivity index (χ4v) is 1.53. The number of hydrogen-bond donors (Lipinski definition) is 1. The molecule has 1 N–H and O–H groups in total. The van der Waals surface area contributed by atoms with Crippen LogP contribution in [0.25, 0.3) is 0 Å². The molecule has 0 aliphatic carbocycles. The molecule has 0 aromatic rings. The molecule has 5 heteroatoms. The first-order valence-electron chi connectivity index (χ1n) is 5.09. The molecule has 0 aromatic carbocycles. The third-order valence-corrected chi connectivity index (χ3v) is 2.49. The molecule has 0 fully saturated rings. The second kappa shape index (κ2) is 7.23. The molecule has 0 bridgehead atoms. The lowest BCUT2D eigenvalue weighted by Crippen LogP contribution is -3.16. The summed E-state index contributed by atoms with van der Waals surface area (Å²) in [5.41, 5.74) is 0. The second-order valence-electron chi connectivity index (χ2n) is 3.22. The van der Waals surface area contributed by atoms with E-state index in [-0.39, 0.29) is 18.4 Å². The van der Waals surface area contributed by atoms with E-state index in [4.69, 9.17) is 0 Å². The van der Waals surface area contributed by atoms with E-state index in [1.165, 1.54) is 14.2 Å². The first-order chi connectivity index (χ1) is 7.10. The molecule has 0 radical (unpaired) electrons. The average Bonchev–Trinajstić information content (AvgIpc) is 2.27. The zero-order chi connectivity index (χ0) is 11.8. The minimum atomic E-state index is -0.461. The van der Waals surface area contributed by atoms with E-state index in [0.29, 0.717) is 0 Å². The van der Waals surface area contributed by atoms with Crippen LogP contribution in [0.5, 0.6) is 0 Å². The smallest absolute Gasteiger partial charge is 0.365 e. The highest BCUT2D eigenvalue weighted by atomic mass is 16.5. The summed E-state index contributed by atoms with van der Waals surface area (Å²) in [7, 11) is 2.64. The Morgan fingerprint density at radius 2 is 1.67 bits per heavy atom. The second-order valence-corrected chi connectivity index (χ2v) is 3.22. The Balaban J connectivity index is 4.56. The molecule has 88 valence electrons. The van der Waals surface area contributed by atoms with E-state index in [1.807, 2.05) is 13.8 Å². The number of carbonyl (C=O) groups is 2. The van der Waals surface area contributed by atoms with Gasteiger partial charge in [-0.3, -0.25) is 4.79 Å². The van der Waals surface area contributed by atoms with E-state index in [2.05, 4.69) is 9.47 Å². The molecule has 0 aromatic heterocycles. The summed E-state index contributed by atoms with van der Waals surface area (Å²) >= 11 is 0. The van der Waals surface area contributed by atoms with Crippen LogP contribution in [0.4, 0.5) is 0 Å². The molecule has 0 aliphatic rings. The number of nitrogens with one attached hydrogen (secondary N) is 1. The first-order valence-corrected chi connectivity index (χ1v) is 5.09. The van der Waals surface area contributed by atoms with Gasteiger partial charge >= 0.3 is 11.9 Å². The average molecular weight is 218 g/mol. The van der Waals surface area contributed by atoms with Gasteiger partial charge in [-0.25, -0.2) is 4.79 Å². The van der Waals surface area contributed by atoms with Gasteiger partial charge in [-0.15, -0.1) is 0 Å². The minimum absolute atomic E-state index is 0.0696. The van der Waals surface area contributed by atoms with Gasteiger partial charge in [-0.2, -0.15) is 0 Å². The predicted octanol–water partition coefficient (Wildman–Crippen LogP) is -0.984. The number of quaternary nitrogens is 1. The van der Waals surface area contributed by atoms with Gasteiger partial charge in [0, 0.05) is 0 Å². The monoisotopic (exact) mass is 218 g/mol. The summed E-state index contributed by atoms with van der Waals surface area (Å²) in [5.74, 6) is -0.746. The number of esters is 2. The van der Waals surface area contributed by atoms with Crippen molar-refractivity contribution in [3.8, 4) is 0 Å². The van der Waals surface area contributed by atoms with Crippen LogP contribution in [0.3, 0.4) is 0 Å². The van der Waals surface area contributed by atoms with Crippen molar-refractivity contribution in [3.63, 3.8) is 0 Å². The van der Waals surface area contributed by atoms with Gasteiger partial charge in [0.15, 0.2) is 6.04 Å². The van der Waals surface area contributed by atoms with Crippen LogP contribution in [-0.4, -0.2) is 45.3 Å². The number of ether oxygens (including phenoxy) is 2. The van der Waals surface area contributed by atoms with Crippen molar-refractivity contribution in [2.24, 2.45) is 0 Å². The normalized spacial score (nSPS) is 12.3. The number of likely N-dealkylation sites (N-methyl/N-ethyl adjacent to an activating group) is 1. The van der Waals surface area contributed by atoms with Crippen molar-refractivity contribution in [2.45, 2.75) is 26.3 Å². The van der Waals surface area contributed by atoms with Crippen molar-refractivity contribution >= 4 is 11.9 Å². The Bertz CT molecular complexity index is 213. The molecule has 5 nitrogen and oxygen atoms in total. The third-order valence-electron chi connectivity index (χ3n) is 2.49. The number of hydrogen-bond acceptors (Lipinski definition) is 4. The molecule has 0 spiro atoms. The van der Waals surface area contributed by atoms with E-state index >= 15 is 0 Å². The molecular formula is C10H20NO4+. The SMILES string of the molecule is CC[NH+](CC)[C@H](CC(=O)OC)C(=O)OC. The van der Waals surface area contributed by atoms with E-state index in [1.54, 1.807) is 0 Å². The number of carbonyl (C=O) groups excluding carboxylic acids is 2. The molecule has 0 unspecified atom stereocenters. The van der Waals surface area contributed by atoms with Crippen molar-refractivity contribution in [3.05, 3.63) is 0 Å². The van der Waals surface area contributed by atoms with Crippen molar-refractivity contribution in [2.75, 3.05) is 27.3 Å². The van der Waals surface area contributed by atoms with Crippen molar-refractivity contribution < 1.29 is 24.0 Å². The highest BCUT2D eigenvalue weighted by Crippen LogP contribution is 1.93. The van der Waals surface area contributed by atoms with Gasteiger partial charge in [-0.1, -0.05) is 0 Å². The molecule has 0 aliphatic heterocycles. The fourth-order valence-electron chi connectivity index (χ4n) is 1.53. The lowest BCUT2D eigenvalue weighted by atomic mass is 10.1. The summed E-state index contributed by atoms with van der Waals surface area (Å²) in [6.45, 7) is 5.47. The Hall–Kier alpha value is -1.10. The van der Waals surface area contributed by atoms with Crippen LogP contribution in [0.15, 0.2) is 0 Å². The Morgan fingerprint density at radius 1 is 1.13 bits per heavy atom. The molecular weight excluding hydrogens is 198 g/mol. The first kappa shape index (κ1) is 13.9. The largest absolute Gasteiger partial charge is 0.469 e. The molecule has 15 heavy (non-hydrogen) atoms. The highest BCUT2D eigenvalue weighted by Gasteiger charge is 2.31. The Morgan fingerprint density at radius 3 is 2.00 bits per heavy atom.